The fourth-order valence-electron chi connectivity index (χ4n) is 5.23. The molecular weight excluding hydrogens is 416 g/mol. The van der Waals surface area contributed by atoms with Gasteiger partial charge < -0.3 is 23.7 Å². The molecule has 0 saturated carbocycles. The van der Waals surface area contributed by atoms with Crippen LogP contribution in [0.2, 0.25) is 0 Å². The Kier molecular flexibility index (Phi) is 16.4. The molecule has 0 radical (unpaired) electrons. The Morgan fingerprint density at radius 1 is 0.727 bits per heavy atom. The Labute approximate surface area is 208 Å². The molecule has 2 rings (SSSR count). The lowest BCUT2D eigenvalue weighted by Gasteiger charge is -2.45. The summed E-state index contributed by atoms with van der Waals surface area (Å²) < 4.78 is 29.0. The summed E-state index contributed by atoms with van der Waals surface area (Å²) in [5.74, 6) is 3.19. The van der Waals surface area contributed by atoms with Gasteiger partial charge in [-0.15, -0.1) is 0 Å². The molecule has 11 atom stereocenters. The molecule has 0 aromatic rings. The Balaban J connectivity index is 0. The highest BCUT2D eigenvalue weighted by molar-refractivity contribution is 4.88. The summed E-state index contributed by atoms with van der Waals surface area (Å²) in [5.41, 5.74) is 0. The van der Waals surface area contributed by atoms with E-state index in [1.165, 1.54) is 0 Å². The quantitative estimate of drug-likeness (QED) is 0.369. The van der Waals surface area contributed by atoms with Crippen molar-refractivity contribution >= 4 is 0 Å². The van der Waals surface area contributed by atoms with E-state index in [0.29, 0.717) is 54.3 Å². The van der Waals surface area contributed by atoms with Gasteiger partial charge in [-0.3, -0.25) is 0 Å². The minimum absolute atomic E-state index is 0. The van der Waals surface area contributed by atoms with Crippen molar-refractivity contribution in [2.45, 2.75) is 113 Å². The lowest BCUT2D eigenvalue weighted by molar-refractivity contribution is -0.177. The fourth-order valence-corrected chi connectivity index (χ4v) is 5.23. The molecule has 5 nitrogen and oxygen atoms in total. The van der Waals surface area contributed by atoms with Gasteiger partial charge in [0.15, 0.2) is 0 Å². The molecule has 5 heteroatoms. The van der Waals surface area contributed by atoms with Gasteiger partial charge >= 0.3 is 0 Å². The van der Waals surface area contributed by atoms with Crippen molar-refractivity contribution in [1.82, 2.24) is 0 Å². The summed E-state index contributed by atoms with van der Waals surface area (Å²) in [7, 11) is 3.51. The van der Waals surface area contributed by atoms with Gasteiger partial charge in [-0.2, -0.15) is 0 Å². The van der Waals surface area contributed by atoms with Crippen LogP contribution in [0.5, 0.6) is 0 Å². The SMILES string of the molecule is C.CCC(C)OC.CCC1OC(C)C(COCC2OC(C)C(COC)C(C)C2C)C(C)C1C.[HH]. The van der Waals surface area contributed by atoms with E-state index in [2.05, 4.69) is 62.3 Å². The third-order valence-corrected chi connectivity index (χ3v) is 8.50. The summed E-state index contributed by atoms with van der Waals surface area (Å²) in [4.78, 5) is 0. The van der Waals surface area contributed by atoms with E-state index in [1.54, 1.807) is 14.2 Å². The van der Waals surface area contributed by atoms with Crippen LogP contribution in [-0.4, -0.2) is 64.6 Å². The Hall–Kier alpha value is -0.200. The van der Waals surface area contributed by atoms with Crippen LogP contribution < -0.4 is 0 Å². The van der Waals surface area contributed by atoms with E-state index in [-0.39, 0.29) is 27.2 Å². The molecule has 0 aromatic heterocycles. The van der Waals surface area contributed by atoms with Gasteiger partial charge in [0.25, 0.3) is 0 Å². The largest absolute Gasteiger partial charge is 0.384 e. The third kappa shape index (κ3) is 9.40. The second-order valence-corrected chi connectivity index (χ2v) is 10.4. The molecule has 2 aliphatic heterocycles. The molecule has 2 aliphatic rings. The fraction of sp³-hybridized carbons (Fsp3) is 1.00. The zero-order valence-corrected chi connectivity index (χ0v) is 22.9. The van der Waals surface area contributed by atoms with E-state index in [4.69, 9.17) is 23.7 Å². The van der Waals surface area contributed by atoms with Crippen LogP contribution in [0.4, 0.5) is 0 Å². The minimum atomic E-state index is 0. The highest BCUT2D eigenvalue weighted by Crippen LogP contribution is 2.38. The minimum Gasteiger partial charge on any atom is -0.384 e. The molecule has 0 spiro atoms. The van der Waals surface area contributed by atoms with Crippen LogP contribution in [0, 0.1) is 35.5 Å². The van der Waals surface area contributed by atoms with Crippen molar-refractivity contribution in [2.75, 3.05) is 34.0 Å². The highest BCUT2D eigenvalue weighted by atomic mass is 16.5. The zero-order valence-electron chi connectivity index (χ0n) is 22.9. The molecule has 33 heavy (non-hydrogen) atoms. The zero-order chi connectivity index (χ0) is 24.4. The van der Waals surface area contributed by atoms with Crippen molar-refractivity contribution < 1.29 is 25.1 Å². The summed E-state index contributed by atoms with van der Waals surface area (Å²) in [6.45, 7) is 22.3. The molecule has 0 N–H and O–H groups in total. The summed E-state index contributed by atoms with van der Waals surface area (Å²) in [6, 6.07) is 0. The van der Waals surface area contributed by atoms with Crippen LogP contribution in [0.1, 0.15) is 84.0 Å². The van der Waals surface area contributed by atoms with Crippen molar-refractivity contribution in [1.29, 1.82) is 0 Å². The Bertz CT molecular complexity index is 489. The molecule has 0 bridgehead atoms. The number of methoxy groups -OCH3 is 2. The molecular formula is C28H60O5. The molecule has 2 fully saturated rings. The molecule has 202 valence electrons. The van der Waals surface area contributed by atoms with Gasteiger partial charge in [0.2, 0.25) is 0 Å². The third-order valence-electron chi connectivity index (χ3n) is 8.50. The average molecular weight is 477 g/mol. The van der Waals surface area contributed by atoms with Crippen LogP contribution in [0.25, 0.3) is 0 Å². The van der Waals surface area contributed by atoms with Gasteiger partial charge in [-0.25, -0.2) is 0 Å². The van der Waals surface area contributed by atoms with Crippen molar-refractivity contribution in [3.05, 3.63) is 0 Å². The standard InChI is InChI=1S/C22H42O4.C5H12O.CH4.H2/c1-9-21-15(4)13(2)20(18(7)25-21)11-24-12-22-16(5)14(3)19(10-23-8)17(6)26-22;1-4-5(2)6-3;;/h13-22H,9-12H2,1-8H3;5H,4H2,1-3H3;1H4;1H. The lowest BCUT2D eigenvalue weighted by Crippen LogP contribution is -2.49. The normalized spacial score (nSPS) is 39.7. The van der Waals surface area contributed by atoms with Gasteiger partial charge in [-0.1, -0.05) is 49.0 Å². The van der Waals surface area contributed by atoms with Gasteiger partial charge in [-0.05, 0) is 57.3 Å². The monoisotopic (exact) mass is 476 g/mol. The first-order valence-electron chi connectivity index (χ1n) is 13.0. The van der Waals surface area contributed by atoms with Gasteiger partial charge in [0.05, 0.1) is 50.3 Å². The van der Waals surface area contributed by atoms with E-state index in [0.717, 1.165) is 26.1 Å². The van der Waals surface area contributed by atoms with Crippen LogP contribution in [-0.2, 0) is 23.7 Å². The highest BCUT2D eigenvalue weighted by Gasteiger charge is 2.41. The molecule has 0 aliphatic carbocycles. The predicted octanol–water partition coefficient (Wildman–Crippen LogP) is 6.72. The molecule has 11 unspecified atom stereocenters. The van der Waals surface area contributed by atoms with E-state index in [1.807, 2.05) is 0 Å². The van der Waals surface area contributed by atoms with Crippen LogP contribution in [0.15, 0.2) is 0 Å². The molecule has 0 aromatic carbocycles. The van der Waals surface area contributed by atoms with Crippen LogP contribution in [0.3, 0.4) is 0 Å². The van der Waals surface area contributed by atoms with Crippen molar-refractivity contribution in [3.63, 3.8) is 0 Å². The maximum Gasteiger partial charge on any atom is 0.0840 e. The lowest BCUT2D eigenvalue weighted by atomic mass is 9.75. The number of ether oxygens (including phenoxy) is 5. The summed E-state index contributed by atoms with van der Waals surface area (Å²) in [5, 5.41) is 0. The van der Waals surface area contributed by atoms with Gasteiger partial charge in [0, 0.05) is 27.5 Å². The average Bonchev–Trinajstić information content (AvgIpc) is 2.79. The van der Waals surface area contributed by atoms with E-state index < -0.39 is 0 Å². The van der Waals surface area contributed by atoms with E-state index in [9.17, 15) is 0 Å². The molecule has 2 heterocycles. The molecule has 2 saturated heterocycles. The van der Waals surface area contributed by atoms with E-state index >= 15 is 0 Å². The smallest absolute Gasteiger partial charge is 0.0840 e. The first-order chi connectivity index (χ1) is 15.1. The second-order valence-electron chi connectivity index (χ2n) is 10.4. The first kappa shape index (κ1) is 32.8. The predicted molar refractivity (Wildman–Crippen MR) is 141 cm³/mol. The number of hydrogen-bond acceptors (Lipinski definition) is 5. The Morgan fingerprint density at radius 2 is 1.21 bits per heavy atom. The Morgan fingerprint density at radius 3 is 1.64 bits per heavy atom. The second kappa shape index (κ2) is 16.5. The van der Waals surface area contributed by atoms with Crippen molar-refractivity contribution in [3.8, 4) is 0 Å². The summed E-state index contributed by atoms with van der Waals surface area (Å²) >= 11 is 0. The maximum atomic E-state index is 6.30. The topological polar surface area (TPSA) is 46.2 Å². The summed E-state index contributed by atoms with van der Waals surface area (Å²) in [6.07, 6.45) is 3.67. The number of rotatable bonds is 9. The van der Waals surface area contributed by atoms with Gasteiger partial charge in [0.1, 0.15) is 0 Å². The number of hydrogen-bond donors (Lipinski definition) is 0. The van der Waals surface area contributed by atoms with Crippen LogP contribution >= 0.6 is 0 Å². The van der Waals surface area contributed by atoms with Crippen molar-refractivity contribution in [2.24, 2.45) is 35.5 Å². The maximum absolute atomic E-state index is 6.30. The first-order valence-corrected chi connectivity index (χ1v) is 13.0. The molecule has 0 amide bonds.